The molecule has 0 saturated heterocycles. The lowest BCUT2D eigenvalue weighted by Crippen LogP contribution is -2.32. The molecule has 2 rings (SSSR count). The fourth-order valence-corrected chi connectivity index (χ4v) is 2.09. The number of fused-ring (bicyclic) bond motifs is 1. The van der Waals surface area contributed by atoms with Gasteiger partial charge in [0.25, 0.3) is 0 Å². The first-order chi connectivity index (χ1) is 7.16. The summed E-state index contributed by atoms with van der Waals surface area (Å²) < 4.78 is 5.65. The first-order valence-corrected chi connectivity index (χ1v) is 5.66. The third-order valence-corrected chi connectivity index (χ3v) is 2.74. The number of hydrogen-bond acceptors (Lipinski definition) is 2. The van der Waals surface area contributed by atoms with Gasteiger partial charge in [0.1, 0.15) is 5.75 Å². The first-order valence-electron chi connectivity index (χ1n) is 5.66. The molecule has 0 bridgehead atoms. The number of rotatable bonds is 2. The molecule has 0 amide bonds. The van der Waals surface area contributed by atoms with Gasteiger partial charge in [-0.2, -0.15) is 0 Å². The second-order valence-corrected chi connectivity index (χ2v) is 4.55. The Kier molecular flexibility index (Phi) is 2.96. The van der Waals surface area contributed by atoms with E-state index in [0.717, 1.165) is 18.8 Å². The van der Waals surface area contributed by atoms with Crippen LogP contribution < -0.4 is 10.1 Å². The minimum atomic E-state index is 0.452. The smallest absolute Gasteiger partial charge is 0.124 e. The van der Waals surface area contributed by atoms with Crippen molar-refractivity contribution in [3.8, 4) is 5.75 Å². The van der Waals surface area contributed by atoms with Gasteiger partial charge in [-0.3, -0.25) is 0 Å². The molecule has 0 saturated carbocycles. The first kappa shape index (κ1) is 10.5. The molecule has 82 valence electrons. The molecule has 1 aromatic carbocycles. The van der Waals surface area contributed by atoms with E-state index >= 15 is 0 Å². The van der Waals surface area contributed by atoms with Crippen LogP contribution in [0.4, 0.5) is 0 Å². The summed E-state index contributed by atoms with van der Waals surface area (Å²) in [5.41, 5.74) is 2.62. The molecule has 0 radical (unpaired) electrons. The molecule has 15 heavy (non-hydrogen) atoms. The zero-order valence-electron chi connectivity index (χ0n) is 9.71. The highest BCUT2D eigenvalue weighted by Gasteiger charge is 2.21. The van der Waals surface area contributed by atoms with Crippen molar-refractivity contribution in [2.24, 2.45) is 0 Å². The summed E-state index contributed by atoms with van der Waals surface area (Å²) in [5, 5.41) is 3.59. The lowest BCUT2D eigenvalue weighted by molar-refractivity contribution is 0.247. The summed E-state index contributed by atoms with van der Waals surface area (Å²) >= 11 is 0. The maximum absolute atomic E-state index is 5.65. The second-order valence-electron chi connectivity index (χ2n) is 4.55. The van der Waals surface area contributed by atoms with E-state index in [2.05, 4.69) is 44.3 Å². The van der Waals surface area contributed by atoms with Gasteiger partial charge in [0, 0.05) is 24.1 Å². The van der Waals surface area contributed by atoms with Gasteiger partial charge in [-0.05, 0) is 13.0 Å². The molecule has 2 heteroatoms. The molecule has 1 unspecified atom stereocenters. The Hall–Kier alpha value is -1.02. The van der Waals surface area contributed by atoms with E-state index in [-0.39, 0.29) is 0 Å². The van der Waals surface area contributed by atoms with Crippen molar-refractivity contribution >= 4 is 0 Å². The Morgan fingerprint density at radius 3 is 2.93 bits per heavy atom. The molecule has 0 aliphatic carbocycles. The quantitative estimate of drug-likeness (QED) is 0.801. The van der Waals surface area contributed by atoms with Crippen LogP contribution in [0.2, 0.25) is 0 Å². The van der Waals surface area contributed by atoms with E-state index in [1.165, 1.54) is 11.1 Å². The van der Waals surface area contributed by atoms with Gasteiger partial charge < -0.3 is 10.1 Å². The molecule has 1 atom stereocenters. The van der Waals surface area contributed by atoms with Crippen LogP contribution in [0.3, 0.4) is 0 Å². The number of nitrogens with one attached hydrogen (secondary N) is 1. The molecular weight excluding hydrogens is 186 g/mol. The van der Waals surface area contributed by atoms with Crippen LogP contribution in [0.25, 0.3) is 0 Å². The van der Waals surface area contributed by atoms with Crippen molar-refractivity contribution in [1.82, 2.24) is 5.32 Å². The van der Waals surface area contributed by atoms with Gasteiger partial charge >= 0.3 is 0 Å². The highest BCUT2D eigenvalue weighted by atomic mass is 16.5. The summed E-state index contributed by atoms with van der Waals surface area (Å²) in [6, 6.07) is 7.39. The molecule has 1 aliphatic rings. The topological polar surface area (TPSA) is 21.3 Å². The Balaban J connectivity index is 2.28. The standard InChI is InChI=1S/C13H19NO/c1-9(2)14-12-6-7-15-13-5-4-10(3)8-11(12)13/h4-5,8-9,12,14H,6-7H2,1-3H3. The van der Waals surface area contributed by atoms with Crippen molar-refractivity contribution in [1.29, 1.82) is 0 Å². The molecule has 1 N–H and O–H groups in total. The van der Waals surface area contributed by atoms with Crippen molar-refractivity contribution in [3.05, 3.63) is 29.3 Å². The van der Waals surface area contributed by atoms with Crippen LogP contribution in [0, 0.1) is 6.92 Å². The summed E-state index contributed by atoms with van der Waals surface area (Å²) in [7, 11) is 0. The van der Waals surface area contributed by atoms with Crippen LogP contribution in [-0.2, 0) is 0 Å². The van der Waals surface area contributed by atoms with Crippen LogP contribution in [-0.4, -0.2) is 12.6 Å². The second kappa shape index (κ2) is 4.23. The lowest BCUT2D eigenvalue weighted by atomic mass is 9.98. The van der Waals surface area contributed by atoms with Crippen molar-refractivity contribution < 1.29 is 4.74 Å². The summed E-state index contributed by atoms with van der Waals surface area (Å²) in [5.74, 6) is 1.05. The average Bonchev–Trinajstić information content (AvgIpc) is 2.18. The summed E-state index contributed by atoms with van der Waals surface area (Å²) in [6.07, 6.45) is 1.06. The maximum atomic E-state index is 5.65. The maximum Gasteiger partial charge on any atom is 0.124 e. The summed E-state index contributed by atoms with van der Waals surface area (Å²) in [6.45, 7) is 7.32. The average molecular weight is 205 g/mol. The van der Waals surface area contributed by atoms with Gasteiger partial charge in [0.2, 0.25) is 0 Å². The van der Waals surface area contributed by atoms with Gasteiger partial charge in [-0.1, -0.05) is 31.5 Å². The van der Waals surface area contributed by atoms with Crippen LogP contribution in [0.1, 0.15) is 37.4 Å². The Morgan fingerprint density at radius 2 is 2.20 bits per heavy atom. The third-order valence-electron chi connectivity index (χ3n) is 2.74. The lowest BCUT2D eigenvalue weighted by Gasteiger charge is -2.28. The number of hydrogen-bond donors (Lipinski definition) is 1. The van der Waals surface area contributed by atoms with Gasteiger partial charge in [0.15, 0.2) is 0 Å². The minimum absolute atomic E-state index is 0.452. The van der Waals surface area contributed by atoms with Crippen molar-refractivity contribution in [3.63, 3.8) is 0 Å². The molecule has 0 spiro atoms. The zero-order chi connectivity index (χ0) is 10.8. The fourth-order valence-electron chi connectivity index (χ4n) is 2.09. The Labute approximate surface area is 91.6 Å². The highest BCUT2D eigenvalue weighted by molar-refractivity contribution is 5.40. The third kappa shape index (κ3) is 2.32. The Morgan fingerprint density at radius 1 is 1.40 bits per heavy atom. The molecule has 1 heterocycles. The fraction of sp³-hybridized carbons (Fsp3) is 0.538. The zero-order valence-corrected chi connectivity index (χ0v) is 9.71. The minimum Gasteiger partial charge on any atom is -0.493 e. The van der Waals surface area contributed by atoms with E-state index in [4.69, 9.17) is 4.74 Å². The molecule has 0 fully saturated rings. The SMILES string of the molecule is Cc1ccc2c(c1)C(NC(C)C)CCO2. The monoisotopic (exact) mass is 205 g/mol. The van der Waals surface area contributed by atoms with E-state index < -0.39 is 0 Å². The molecule has 1 aromatic rings. The van der Waals surface area contributed by atoms with E-state index in [1.54, 1.807) is 0 Å². The number of aryl methyl sites for hydroxylation is 1. The van der Waals surface area contributed by atoms with E-state index in [0.29, 0.717) is 12.1 Å². The number of ether oxygens (including phenoxy) is 1. The van der Waals surface area contributed by atoms with E-state index in [9.17, 15) is 0 Å². The highest BCUT2D eigenvalue weighted by Crippen LogP contribution is 2.32. The van der Waals surface area contributed by atoms with Gasteiger partial charge in [0.05, 0.1) is 6.61 Å². The van der Waals surface area contributed by atoms with Crippen LogP contribution >= 0.6 is 0 Å². The van der Waals surface area contributed by atoms with E-state index in [1.807, 2.05) is 0 Å². The van der Waals surface area contributed by atoms with Crippen molar-refractivity contribution in [2.75, 3.05) is 6.61 Å². The molecule has 2 nitrogen and oxygen atoms in total. The molecular formula is C13H19NO. The normalized spacial score (nSPS) is 19.9. The van der Waals surface area contributed by atoms with Crippen LogP contribution in [0.15, 0.2) is 18.2 Å². The predicted octanol–water partition coefficient (Wildman–Crippen LogP) is 2.82. The largest absolute Gasteiger partial charge is 0.493 e. The van der Waals surface area contributed by atoms with Gasteiger partial charge in [-0.15, -0.1) is 0 Å². The predicted molar refractivity (Wildman–Crippen MR) is 62.3 cm³/mol. The van der Waals surface area contributed by atoms with Crippen molar-refractivity contribution in [2.45, 2.75) is 39.3 Å². The summed E-state index contributed by atoms with van der Waals surface area (Å²) in [4.78, 5) is 0. The van der Waals surface area contributed by atoms with Gasteiger partial charge in [-0.25, -0.2) is 0 Å². The Bertz CT molecular complexity index is 346. The molecule has 1 aliphatic heterocycles. The van der Waals surface area contributed by atoms with Crippen LogP contribution in [0.5, 0.6) is 5.75 Å². The number of benzene rings is 1. The molecule has 0 aromatic heterocycles.